The van der Waals surface area contributed by atoms with Crippen molar-refractivity contribution in [2.24, 2.45) is 0 Å². The largest absolute Gasteiger partial charge is 0.352 e. The first kappa shape index (κ1) is 19.8. The van der Waals surface area contributed by atoms with Gasteiger partial charge in [-0.2, -0.15) is 0 Å². The number of para-hydroxylation sites is 1. The number of likely N-dealkylation sites (tertiary alicyclic amines) is 1. The average Bonchev–Trinajstić information content (AvgIpc) is 3.29. The molecule has 2 heterocycles. The number of nitrogens with one attached hydrogen (secondary N) is 1. The minimum Gasteiger partial charge on any atom is -0.352 e. The van der Waals surface area contributed by atoms with E-state index in [1.165, 1.54) is 0 Å². The highest BCUT2D eigenvalue weighted by Gasteiger charge is 2.17. The van der Waals surface area contributed by atoms with Crippen molar-refractivity contribution in [1.29, 1.82) is 0 Å². The molecule has 7 nitrogen and oxygen atoms in total. The molecule has 1 aliphatic heterocycles. The minimum atomic E-state index is -0.239. The zero-order chi connectivity index (χ0) is 21.1. The summed E-state index contributed by atoms with van der Waals surface area (Å²) < 4.78 is 1.54. The number of amides is 2. The number of carbonyl (C=O) groups excluding carboxylic acids is 2. The van der Waals surface area contributed by atoms with Crippen LogP contribution in [-0.4, -0.2) is 45.9 Å². The Labute approximate surface area is 174 Å². The highest BCUT2D eigenvalue weighted by Crippen LogP contribution is 2.14. The molecule has 1 aliphatic rings. The van der Waals surface area contributed by atoms with Crippen molar-refractivity contribution in [3.63, 3.8) is 0 Å². The van der Waals surface area contributed by atoms with Crippen LogP contribution in [0.1, 0.15) is 35.4 Å². The molecule has 154 valence electrons. The number of benzene rings is 2. The van der Waals surface area contributed by atoms with Crippen LogP contribution in [0.4, 0.5) is 0 Å². The summed E-state index contributed by atoms with van der Waals surface area (Å²) in [6.45, 7) is 3.72. The Morgan fingerprint density at radius 2 is 1.73 bits per heavy atom. The second kappa shape index (κ2) is 8.49. The highest BCUT2D eigenvalue weighted by molar-refractivity contribution is 5.94. The fourth-order valence-electron chi connectivity index (χ4n) is 3.82. The quantitative estimate of drug-likeness (QED) is 0.708. The monoisotopic (exact) mass is 404 g/mol. The Kier molecular flexibility index (Phi) is 5.61. The molecule has 0 saturated carbocycles. The fourth-order valence-corrected chi connectivity index (χ4v) is 3.82. The predicted octanol–water partition coefficient (Wildman–Crippen LogP) is 2.44. The average molecular weight is 404 g/mol. The lowest BCUT2D eigenvalue weighted by atomic mass is 10.1. The number of fused-ring (bicyclic) bond motifs is 1. The SMILES string of the molecule is Cc1nc2ccccc2c(=O)n1-c1ccc(C(=O)NCCC(=O)N2CCCC2)cc1. The van der Waals surface area contributed by atoms with Crippen molar-refractivity contribution in [2.45, 2.75) is 26.2 Å². The first-order valence-corrected chi connectivity index (χ1v) is 10.2. The molecule has 0 unspecified atom stereocenters. The van der Waals surface area contributed by atoms with E-state index < -0.39 is 0 Å². The van der Waals surface area contributed by atoms with E-state index in [2.05, 4.69) is 10.3 Å². The Morgan fingerprint density at radius 1 is 1.03 bits per heavy atom. The normalized spacial score (nSPS) is 13.6. The lowest BCUT2D eigenvalue weighted by Gasteiger charge is -2.15. The van der Waals surface area contributed by atoms with Gasteiger partial charge >= 0.3 is 0 Å². The number of hydrogen-bond donors (Lipinski definition) is 1. The van der Waals surface area contributed by atoms with E-state index >= 15 is 0 Å². The van der Waals surface area contributed by atoms with Gasteiger partial charge in [0.05, 0.1) is 16.6 Å². The van der Waals surface area contributed by atoms with Crippen LogP contribution in [0.2, 0.25) is 0 Å². The summed E-state index contributed by atoms with van der Waals surface area (Å²) in [5, 5.41) is 3.34. The molecule has 2 aromatic carbocycles. The van der Waals surface area contributed by atoms with Crippen molar-refractivity contribution in [2.75, 3.05) is 19.6 Å². The number of rotatable bonds is 5. The maximum absolute atomic E-state index is 12.9. The molecule has 0 aliphatic carbocycles. The van der Waals surface area contributed by atoms with Gasteiger partial charge in [-0.15, -0.1) is 0 Å². The molecule has 2 amide bonds. The van der Waals surface area contributed by atoms with Gasteiger partial charge in [-0.3, -0.25) is 19.0 Å². The summed E-state index contributed by atoms with van der Waals surface area (Å²) in [6, 6.07) is 14.0. The van der Waals surface area contributed by atoms with Crippen LogP contribution in [0.25, 0.3) is 16.6 Å². The molecule has 1 saturated heterocycles. The van der Waals surface area contributed by atoms with Gasteiger partial charge in [-0.1, -0.05) is 12.1 Å². The zero-order valence-corrected chi connectivity index (χ0v) is 16.9. The van der Waals surface area contributed by atoms with Gasteiger partial charge in [0, 0.05) is 31.6 Å². The van der Waals surface area contributed by atoms with Gasteiger partial charge < -0.3 is 10.2 Å². The molecular weight excluding hydrogens is 380 g/mol. The standard InChI is InChI=1S/C23H24N4O3/c1-16-25-20-7-3-2-6-19(20)23(30)27(16)18-10-8-17(9-11-18)22(29)24-13-12-21(28)26-14-4-5-15-26/h2-3,6-11H,4-5,12-15H2,1H3,(H,24,29). The van der Waals surface area contributed by atoms with E-state index in [0.29, 0.717) is 40.9 Å². The van der Waals surface area contributed by atoms with Crippen molar-refractivity contribution in [3.8, 4) is 5.69 Å². The number of hydrogen-bond acceptors (Lipinski definition) is 4. The molecule has 30 heavy (non-hydrogen) atoms. The summed E-state index contributed by atoms with van der Waals surface area (Å²) in [5.41, 5.74) is 1.65. The highest BCUT2D eigenvalue weighted by atomic mass is 16.2. The lowest BCUT2D eigenvalue weighted by molar-refractivity contribution is -0.129. The summed E-state index contributed by atoms with van der Waals surface area (Å²) in [7, 11) is 0. The van der Waals surface area contributed by atoms with Gasteiger partial charge in [0.1, 0.15) is 5.82 Å². The van der Waals surface area contributed by atoms with Crippen LogP contribution >= 0.6 is 0 Å². The molecule has 0 atom stereocenters. The summed E-state index contributed by atoms with van der Waals surface area (Å²) in [4.78, 5) is 43.7. The van der Waals surface area contributed by atoms with E-state index in [1.54, 1.807) is 41.8 Å². The van der Waals surface area contributed by atoms with Crippen LogP contribution in [0.5, 0.6) is 0 Å². The van der Waals surface area contributed by atoms with Crippen LogP contribution < -0.4 is 10.9 Å². The van der Waals surface area contributed by atoms with Crippen molar-refractivity contribution < 1.29 is 9.59 Å². The first-order chi connectivity index (χ1) is 14.5. The Balaban J connectivity index is 1.45. The van der Waals surface area contributed by atoms with Crippen molar-refractivity contribution in [3.05, 3.63) is 70.3 Å². The maximum Gasteiger partial charge on any atom is 0.265 e. The van der Waals surface area contributed by atoms with Crippen LogP contribution in [0.3, 0.4) is 0 Å². The fraction of sp³-hybridized carbons (Fsp3) is 0.304. The number of aryl methyl sites for hydroxylation is 1. The Morgan fingerprint density at radius 3 is 2.47 bits per heavy atom. The van der Waals surface area contributed by atoms with Gasteiger partial charge in [0.15, 0.2) is 0 Å². The smallest absolute Gasteiger partial charge is 0.265 e. The Hall–Kier alpha value is -3.48. The topological polar surface area (TPSA) is 84.3 Å². The lowest BCUT2D eigenvalue weighted by Crippen LogP contribution is -2.32. The van der Waals surface area contributed by atoms with Gasteiger partial charge in [-0.05, 0) is 56.2 Å². The Bertz CT molecular complexity index is 1150. The van der Waals surface area contributed by atoms with Gasteiger partial charge in [0.25, 0.3) is 11.5 Å². The first-order valence-electron chi connectivity index (χ1n) is 10.2. The van der Waals surface area contributed by atoms with E-state index in [-0.39, 0.29) is 17.4 Å². The molecule has 3 aromatic rings. The van der Waals surface area contributed by atoms with Gasteiger partial charge in [-0.25, -0.2) is 4.98 Å². The third-order valence-electron chi connectivity index (χ3n) is 5.41. The molecule has 0 spiro atoms. The number of carbonyl (C=O) groups is 2. The van der Waals surface area contributed by atoms with Crippen LogP contribution in [0.15, 0.2) is 53.3 Å². The predicted molar refractivity (Wildman–Crippen MR) is 115 cm³/mol. The molecule has 4 rings (SSSR count). The molecule has 1 aromatic heterocycles. The van der Waals surface area contributed by atoms with Crippen molar-refractivity contribution >= 4 is 22.7 Å². The van der Waals surface area contributed by atoms with E-state index in [4.69, 9.17) is 0 Å². The summed E-state index contributed by atoms with van der Waals surface area (Å²) in [5.74, 6) is 0.426. The van der Waals surface area contributed by atoms with E-state index in [0.717, 1.165) is 25.9 Å². The zero-order valence-electron chi connectivity index (χ0n) is 16.9. The van der Waals surface area contributed by atoms with Crippen LogP contribution in [-0.2, 0) is 4.79 Å². The second-order valence-corrected chi connectivity index (χ2v) is 7.46. The number of nitrogens with zero attached hydrogens (tertiary/aromatic N) is 3. The molecule has 0 radical (unpaired) electrons. The molecule has 7 heteroatoms. The van der Waals surface area contributed by atoms with Crippen LogP contribution in [0, 0.1) is 6.92 Å². The molecule has 1 N–H and O–H groups in total. The summed E-state index contributed by atoms with van der Waals surface area (Å²) >= 11 is 0. The molecule has 1 fully saturated rings. The maximum atomic E-state index is 12.9. The van der Waals surface area contributed by atoms with Gasteiger partial charge in [0.2, 0.25) is 5.91 Å². The number of aromatic nitrogens is 2. The van der Waals surface area contributed by atoms with E-state index in [9.17, 15) is 14.4 Å². The minimum absolute atomic E-state index is 0.0850. The third kappa shape index (κ3) is 3.96. The molecule has 0 bridgehead atoms. The molecular formula is C23H24N4O3. The van der Waals surface area contributed by atoms with E-state index in [1.807, 2.05) is 23.1 Å². The summed E-state index contributed by atoms with van der Waals surface area (Å²) in [6.07, 6.45) is 2.42. The van der Waals surface area contributed by atoms with Crippen molar-refractivity contribution in [1.82, 2.24) is 19.8 Å². The second-order valence-electron chi connectivity index (χ2n) is 7.46. The third-order valence-corrected chi connectivity index (χ3v) is 5.41.